The van der Waals surface area contributed by atoms with Crippen LogP contribution in [0.2, 0.25) is 0 Å². The average Bonchev–Trinajstić information content (AvgIpc) is 1.27. The standard InChI is InChI=1S/C7H13/c1-6-4-7(2,3)5-6/h4,6H,5H2,1-3H3/t6-/m0/s1. The van der Waals surface area contributed by atoms with E-state index in [-0.39, 0.29) is 0 Å². The van der Waals surface area contributed by atoms with Gasteiger partial charge in [0.15, 0.2) is 0 Å². The Bertz CT molecular complexity index is 64.1. The van der Waals surface area contributed by atoms with E-state index >= 15 is 0 Å². The van der Waals surface area contributed by atoms with Gasteiger partial charge in [-0.1, -0.05) is 20.8 Å². The Hall–Kier alpha value is 0. The fourth-order valence-corrected chi connectivity index (χ4v) is 1.57. The summed E-state index contributed by atoms with van der Waals surface area (Å²) in [4.78, 5) is 0. The highest BCUT2D eigenvalue weighted by Crippen LogP contribution is 2.42. The zero-order valence-electron chi connectivity index (χ0n) is 5.36. The highest BCUT2D eigenvalue weighted by Gasteiger charge is 2.32. The van der Waals surface area contributed by atoms with E-state index in [9.17, 15) is 0 Å². The first-order chi connectivity index (χ1) is 3.10. The summed E-state index contributed by atoms with van der Waals surface area (Å²) in [5.74, 6) is 0.884. The lowest BCUT2D eigenvalue weighted by molar-refractivity contribution is 0.215. The molecule has 0 aromatic rings. The second kappa shape index (κ2) is 1.24. The van der Waals surface area contributed by atoms with Crippen molar-refractivity contribution in [2.75, 3.05) is 0 Å². The normalized spacial score (nSPS) is 29.6. The lowest BCUT2D eigenvalue weighted by Gasteiger charge is -2.40. The van der Waals surface area contributed by atoms with Gasteiger partial charge in [0.1, 0.15) is 0 Å². The molecule has 0 aromatic heterocycles. The summed E-state index contributed by atoms with van der Waals surface area (Å²) < 4.78 is 0. The number of hydrogen-bond donors (Lipinski definition) is 0. The van der Waals surface area contributed by atoms with Gasteiger partial charge in [0, 0.05) is 0 Å². The van der Waals surface area contributed by atoms with Crippen LogP contribution in [0.5, 0.6) is 0 Å². The second-order valence-electron chi connectivity index (χ2n) is 3.34. The Kier molecular flexibility index (Phi) is 0.911. The molecule has 7 heavy (non-hydrogen) atoms. The van der Waals surface area contributed by atoms with Crippen molar-refractivity contribution < 1.29 is 0 Å². The van der Waals surface area contributed by atoms with Gasteiger partial charge in [0.25, 0.3) is 0 Å². The van der Waals surface area contributed by atoms with Gasteiger partial charge in [-0.05, 0) is 24.2 Å². The topological polar surface area (TPSA) is 0 Å². The Morgan fingerprint density at radius 1 is 1.57 bits per heavy atom. The molecule has 0 heteroatoms. The fourth-order valence-electron chi connectivity index (χ4n) is 1.57. The van der Waals surface area contributed by atoms with E-state index in [1.165, 1.54) is 6.42 Å². The van der Waals surface area contributed by atoms with Crippen LogP contribution < -0.4 is 0 Å². The van der Waals surface area contributed by atoms with E-state index in [1.54, 1.807) is 0 Å². The Morgan fingerprint density at radius 2 is 2.00 bits per heavy atom. The van der Waals surface area contributed by atoms with Crippen molar-refractivity contribution in [1.82, 2.24) is 0 Å². The summed E-state index contributed by atoms with van der Waals surface area (Å²) in [7, 11) is 0. The zero-order chi connectivity index (χ0) is 5.49. The van der Waals surface area contributed by atoms with E-state index < -0.39 is 0 Å². The summed E-state index contributed by atoms with van der Waals surface area (Å²) >= 11 is 0. The molecule has 0 nitrogen and oxygen atoms in total. The zero-order valence-corrected chi connectivity index (χ0v) is 5.36. The van der Waals surface area contributed by atoms with Crippen LogP contribution in [0.15, 0.2) is 0 Å². The highest BCUT2D eigenvalue weighted by molar-refractivity contribution is 5.00. The van der Waals surface area contributed by atoms with Crippen LogP contribution in [0, 0.1) is 17.8 Å². The molecule has 1 saturated carbocycles. The molecular weight excluding hydrogens is 84.1 g/mol. The van der Waals surface area contributed by atoms with Crippen LogP contribution in [-0.2, 0) is 0 Å². The first-order valence-corrected chi connectivity index (χ1v) is 2.96. The Morgan fingerprint density at radius 3 is 2.00 bits per heavy atom. The van der Waals surface area contributed by atoms with Gasteiger partial charge in [0.2, 0.25) is 0 Å². The molecule has 0 heterocycles. The first kappa shape index (κ1) is 5.14. The molecular formula is C7H13. The smallest absolute Gasteiger partial charge is 0.0301 e. The summed E-state index contributed by atoms with van der Waals surface area (Å²) in [6, 6.07) is 0. The molecule has 1 atom stereocenters. The van der Waals surface area contributed by atoms with Crippen molar-refractivity contribution in [3.05, 3.63) is 6.42 Å². The summed E-state index contributed by atoms with van der Waals surface area (Å²) in [5.41, 5.74) is 0.569. The molecule has 1 aliphatic rings. The molecule has 1 fully saturated rings. The molecule has 0 aliphatic heterocycles. The minimum Gasteiger partial charge on any atom is -0.0622 e. The third-order valence-corrected chi connectivity index (χ3v) is 1.58. The minimum absolute atomic E-state index is 0.569. The average molecular weight is 97.2 g/mol. The van der Waals surface area contributed by atoms with Gasteiger partial charge < -0.3 is 0 Å². The summed E-state index contributed by atoms with van der Waals surface area (Å²) in [6.07, 6.45) is 3.79. The molecule has 1 aliphatic carbocycles. The van der Waals surface area contributed by atoms with E-state index in [2.05, 4.69) is 27.2 Å². The molecule has 0 spiro atoms. The van der Waals surface area contributed by atoms with Crippen molar-refractivity contribution in [2.24, 2.45) is 11.3 Å². The van der Waals surface area contributed by atoms with E-state index in [1.807, 2.05) is 0 Å². The van der Waals surface area contributed by atoms with Gasteiger partial charge >= 0.3 is 0 Å². The van der Waals surface area contributed by atoms with Crippen molar-refractivity contribution in [1.29, 1.82) is 0 Å². The van der Waals surface area contributed by atoms with Crippen molar-refractivity contribution in [2.45, 2.75) is 27.2 Å². The maximum Gasteiger partial charge on any atom is -0.0301 e. The second-order valence-corrected chi connectivity index (χ2v) is 3.34. The fraction of sp³-hybridized carbons (Fsp3) is 0.857. The predicted octanol–water partition coefficient (Wildman–Crippen LogP) is 2.26. The van der Waals surface area contributed by atoms with Gasteiger partial charge in [-0.3, -0.25) is 0 Å². The van der Waals surface area contributed by atoms with E-state index in [0.717, 1.165) is 5.92 Å². The van der Waals surface area contributed by atoms with E-state index in [4.69, 9.17) is 0 Å². The highest BCUT2D eigenvalue weighted by atomic mass is 14.4. The molecule has 0 amide bonds. The third-order valence-electron chi connectivity index (χ3n) is 1.58. The third kappa shape index (κ3) is 0.960. The predicted molar refractivity (Wildman–Crippen MR) is 31.9 cm³/mol. The summed E-state index contributed by atoms with van der Waals surface area (Å²) in [5, 5.41) is 0. The molecule has 0 unspecified atom stereocenters. The Balaban J connectivity index is 2.29. The molecule has 0 N–H and O–H groups in total. The van der Waals surface area contributed by atoms with Crippen LogP contribution >= 0.6 is 0 Å². The van der Waals surface area contributed by atoms with Crippen LogP contribution in [0.25, 0.3) is 0 Å². The van der Waals surface area contributed by atoms with Gasteiger partial charge in [0.05, 0.1) is 0 Å². The van der Waals surface area contributed by atoms with E-state index in [0.29, 0.717) is 5.41 Å². The quantitative estimate of drug-likeness (QED) is 0.435. The minimum atomic E-state index is 0.569. The SMILES string of the molecule is C[C@H]1[CH]C(C)(C)C1. The van der Waals surface area contributed by atoms with Crippen molar-refractivity contribution >= 4 is 0 Å². The Labute approximate surface area is 45.9 Å². The molecule has 0 aromatic carbocycles. The van der Waals surface area contributed by atoms with Crippen LogP contribution in [0.4, 0.5) is 0 Å². The van der Waals surface area contributed by atoms with Crippen molar-refractivity contribution in [3.63, 3.8) is 0 Å². The number of hydrogen-bond acceptors (Lipinski definition) is 0. The van der Waals surface area contributed by atoms with Crippen LogP contribution in [0.3, 0.4) is 0 Å². The lowest BCUT2D eigenvalue weighted by atomic mass is 9.65. The monoisotopic (exact) mass is 97.1 g/mol. The molecule has 0 saturated heterocycles. The van der Waals surface area contributed by atoms with Crippen LogP contribution in [-0.4, -0.2) is 0 Å². The van der Waals surface area contributed by atoms with Crippen LogP contribution in [0.1, 0.15) is 27.2 Å². The largest absolute Gasteiger partial charge is 0.0622 e. The number of rotatable bonds is 0. The van der Waals surface area contributed by atoms with Gasteiger partial charge in [-0.25, -0.2) is 0 Å². The maximum atomic E-state index is 2.41. The molecule has 1 radical (unpaired) electrons. The van der Waals surface area contributed by atoms with Gasteiger partial charge in [-0.15, -0.1) is 0 Å². The molecule has 0 bridgehead atoms. The first-order valence-electron chi connectivity index (χ1n) is 2.96. The summed E-state index contributed by atoms with van der Waals surface area (Å²) in [6.45, 7) is 6.84. The van der Waals surface area contributed by atoms with Gasteiger partial charge in [-0.2, -0.15) is 0 Å². The lowest BCUT2D eigenvalue weighted by Crippen LogP contribution is -2.30. The van der Waals surface area contributed by atoms with Crippen molar-refractivity contribution in [3.8, 4) is 0 Å². The molecule has 1 rings (SSSR count). The maximum absolute atomic E-state index is 2.41. The molecule has 41 valence electrons.